The number of hydrogen-bond donors (Lipinski definition) is 2. The molecule has 19 heavy (non-hydrogen) atoms. The van der Waals surface area contributed by atoms with Crippen LogP contribution in [0.3, 0.4) is 0 Å². The summed E-state index contributed by atoms with van der Waals surface area (Å²) in [6, 6.07) is 0. The maximum absolute atomic E-state index is 12.2. The van der Waals surface area contributed by atoms with Crippen LogP contribution in [0.2, 0.25) is 0 Å². The van der Waals surface area contributed by atoms with Crippen LogP contribution >= 0.6 is 0 Å². The number of hydrogen-bond acceptors (Lipinski definition) is 4. The van der Waals surface area contributed by atoms with Gasteiger partial charge in [0.05, 0.1) is 10.9 Å². The lowest BCUT2D eigenvalue weighted by Gasteiger charge is -2.22. The molecule has 2 rings (SSSR count). The Hall–Kier alpha value is -0.920. The number of piperidine rings is 1. The number of aryl methyl sites for hydroxylation is 2. The van der Waals surface area contributed by atoms with Crippen molar-refractivity contribution in [1.82, 2.24) is 19.8 Å². The van der Waals surface area contributed by atoms with Crippen LogP contribution in [-0.4, -0.2) is 36.5 Å². The van der Waals surface area contributed by atoms with E-state index in [1.54, 1.807) is 4.68 Å². The molecule has 2 N–H and O–H groups in total. The summed E-state index contributed by atoms with van der Waals surface area (Å²) >= 11 is 0. The van der Waals surface area contributed by atoms with E-state index in [0.717, 1.165) is 37.1 Å². The largest absolute Gasteiger partial charge is 0.315 e. The van der Waals surface area contributed by atoms with Crippen LogP contribution in [0.25, 0.3) is 0 Å². The van der Waals surface area contributed by atoms with Gasteiger partial charge in [0.15, 0.2) is 0 Å². The van der Waals surface area contributed by atoms with E-state index in [9.17, 15) is 8.42 Å². The fourth-order valence-corrected chi connectivity index (χ4v) is 3.82. The molecule has 0 amide bonds. The van der Waals surface area contributed by atoms with E-state index in [-0.39, 0.29) is 5.25 Å². The summed E-state index contributed by atoms with van der Waals surface area (Å²) in [4.78, 5) is 0. The van der Waals surface area contributed by atoms with Gasteiger partial charge in [-0.15, -0.1) is 0 Å². The van der Waals surface area contributed by atoms with E-state index >= 15 is 0 Å². The average molecular weight is 286 g/mol. The lowest BCUT2D eigenvalue weighted by Crippen LogP contribution is -2.44. The second kappa shape index (κ2) is 6.02. The van der Waals surface area contributed by atoms with Crippen molar-refractivity contribution in [2.45, 2.75) is 38.0 Å². The summed E-state index contributed by atoms with van der Waals surface area (Å²) in [5.41, 5.74) is 1.91. The summed E-state index contributed by atoms with van der Waals surface area (Å²) in [7, 11) is -1.40. The van der Waals surface area contributed by atoms with E-state index in [0.29, 0.717) is 13.1 Å². The van der Waals surface area contributed by atoms with Crippen molar-refractivity contribution in [2.75, 3.05) is 13.1 Å². The first kappa shape index (κ1) is 14.5. The molecule has 1 aliphatic rings. The third kappa shape index (κ3) is 3.55. The summed E-state index contributed by atoms with van der Waals surface area (Å²) < 4.78 is 28.8. The van der Waals surface area contributed by atoms with Gasteiger partial charge in [0.25, 0.3) is 0 Å². The third-order valence-corrected chi connectivity index (χ3v) is 5.31. The Morgan fingerprint density at radius 3 is 3.00 bits per heavy atom. The van der Waals surface area contributed by atoms with E-state index in [1.165, 1.54) is 0 Å². The molecule has 0 aromatic carbocycles. The highest BCUT2D eigenvalue weighted by Crippen LogP contribution is 2.12. The van der Waals surface area contributed by atoms with Gasteiger partial charge in [-0.2, -0.15) is 5.10 Å². The SMILES string of the molecule is CCc1nn(C)cc1CNS(=O)(=O)C1CCCNC1. The summed E-state index contributed by atoms with van der Waals surface area (Å²) in [5.74, 6) is 0. The Bertz CT molecular complexity index is 518. The quantitative estimate of drug-likeness (QED) is 0.808. The fourth-order valence-electron chi connectivity index (χ4n) is 2.41. The Kier molecular flexibility index (Phi) is 4.59. The maximum atomic E-state index is 12.2. The smallest absolute Gasteiger partial charge is 0.216 e. The predicted molar refractivity (Wildman–Crippen MR) is 74.2 cm³/mol. The highest BCUT2D eigenvalue weighted by Gasteiger charge is 2.26. The first-order valence-corrected chi connectivity index (χ1v) is 8.28. The molecule has 7 heteroatoms. The number of sulfonamides is 1. The minimum absolute atomic E-state index is 0.317. The van der Waals surface area contributed by atoms with Gasteiger partial charge >= 0.3 is 0 Å². The van der Waals surface area contributed by atoms with Crippen LogP contribution in [0.5, 0.6) is 0 Å². The van der Waals surface area contributed by atoms with Gasteiger partial charge in [0.2, 0.25) is 10.0 Å². The van der Waals surface area contributed by atoms with Crippen LogP contribution in [0.1, 0.15) is 31.0 Å². The molecule has 1 aliphatic heterocycles. The molecule has 0 bridgehead atoms. The van der Waals surface area contributed by atoms with Crippen molar-refractivity contribution in [1.29, 1.82) is 0 Å². The van der Waals surface area contributed by atoms with Gasteiger partial charge in [-0.1, -0.05) is 6.92 Å². The average Bonchev–Trinajstić information content (AvgIpc) is 2.78. The van der Waals surface area contributed by atoms with Gasteiger partial charge in [-0.3, -0.25) is 4.68 Å². The van der Waals surface area contributed by atoms with Crippen molar-refractivity contribution in [3.05, 3.63) is 17.5 Å². The predicted octanol–water partition coefficient (Wildman–Crippen LogP) is 0.154. The van der Waals surface area contributed by atoms with Crippen molar-refractivity contribution >= 4 is 10.0 Å². The van der Waals surface area contributed by atoms with Crippen LogP contribution in [0, 0.1) is 0 Å². The lowest BCUT2D eigenvalue weighted by atomic mass is 10.2. The van der Waals surface area contributed by atoms with Gasteiger partial charge in [-0.25, -0.2) is 13.1 Å². The monoisotopic (exact) mass is 286 g/mol. The normalized spacial score (nSPS) is 20.6. The van der Waals surface area contributed by atoms with Crippen LogP contribution in [0.4, 0.5) is 0 Å². The molecule has 1 unspecified atom stereocenters. The summed E-state index contributed by atoms with van der Waals surface area (Å²) in [6.45, 7) is 3.80. The Balaban J connectivity index is 2.00. The number of rotatable bonds is 5. The summed E-state index contributed by atoms with van der Waals surface area (Å²) in [6.07, 6.45) is 4.33. The lowest BCUT2D eigenvalue weighted by molar-refractivity contribution is 0.490. The molecule has 1 aromatic rings. The Morgan fingerprint density at radius 2 is 2.37 bits per heavy atom. The first-order valence-electron chi connectivity index (χ1n) is 6.73. The number of nitrogens with one attached hydrogen (secondary N) is 2. The topological polar surface area (TPSA) is 76.0 Å². The molecule has 2 heterocycles. The second-order valence-electron chi connectivity index (χ2n) is 4.96. The van der Waals surface area contributed by atoms with Crippen molar-refractivity contribution in [2.24, 2.45) is 7.05 Å². The van der Waals surface area contributed by atoms with Crippen molar-refractivity contribution in [3.8, 4) is 0 Å². The first-order chi connectivity index (χ1) is 9.03. The van der Waals surface area contributed by atoms with Gasteiger partial charge in [0, 0.05) is 31.9 Å². The fraction of sp³-hybridized carbons (Fsp3) is 0.750. The minimum atomic E-state index is -3.25. The van der Waals surface area contributed by atoms with Crippen LogP contribution in [0.15, 0.2) is 6.20 Å². The molecule has 0 radical (unpaired) electrons. The Morgan fingerprint density at radius 1 is 1.58 bits per heavy atom. The standard InChI is InChI=1S/C12H22N4O2S/c1-3-12-10(9-16(2)15-12)7-14-19(17,18)11-5-4-6-13-8-11/h9,11,13-14H,3-8H2,1-2H3. The molecule has 1 aromatic heterocycles. The molecule has 108 valence electrons. The van der Waals surface area contributed by atoms with Crippen LogP contribution in [-0.2, 0) is 30.0 Å². The minimum Gasteiger partial charge on any atom is -0.315 e. The highest BCUT2D eigenvalue weighted by molar-refractivity contribution is 7.90. The van der Waals surface area contributed by atoms with E-state index < -0.39 is 10.0 Å². The molecule has 1 fully saturated rings. The number of aromatic nitrogens is 2. The van der Waals surface area contributed by atoms with E-state index in [2.05, 4.69) is 15.1 Å². The zero-order chi connectivity index (χ0) is 13.9. The highest BCUT2D eigenvalue weighted by atomic mass is 32.2. The zero-order valence-corrected chi connectivity index (χ0v) is 12.3. The molecule has 0 aliphatic carbocycles. The molecule has 0 spiro atoms. The molecule has 1 atom stereocenters. The second-order valence-corrected chi connectivity index (χ2v) is 7.01. The molecule has 0 saturated carbocycles. The van der Waals surface area contributed by atoms with E-state index in [4.69, 9.17) is 0 Å². The van der Waals surface area contributed by atoms with E-state index in [1.807, 2.05) is 20.2 Å². The molecular formula is C12H22N4O2S. The van der Waals surface area contributed by atoms with Crippen molar-refractivity contribution < 1.29 is 8.42 Å². The van der Waals surface area contributed by atoms with Gasteiger partial charge in [0.1, 0.15) is 0 Å². The third-order valence-electron chi connectivity index (χ3n) is 3.48. The summed E-state index contributed by atoms with van der Waals surface area (Å²) in [5, 5.41) is 7.13. The van der Waals surface area contributed by atoms with Gasteiger partial charge < -0.3 is 5.32 Å². The van der Waals surface area contributed by atoms with Crippen molar-refractivity contribution in [3.63, 3.8) is 0 Å². The molecule has 6 nitrogen and oxygen atoms in total. The zero-order valence-electron chi connectivity index (χ0n) is 11.5. The van der Waals surface area contributed by atoms with Gasteiger partial charge in [-0.05, 0) is 25.8 Å². The Labute approximate surface area is 114 Å². The molecule has 1 saturated heterocycles. The molecular weight excluding hydrogens is 264 g/mol. The van der Waals surface area contributed by atoms with Crippen LogP contribution < -0.4 is 10.0 Å². The number of nitrogens with zero attached hydrogens (tertiary/aromatic N) is 2. The maximum Gasteiger partial charge on any atom is 0.216 e.